The molecule has 1 aromatic rings. The van der Waals surface area contributed by atoms with Gasteiger partial charge in [0.1, 0.15) is 5.16 Å². The molecule has 0 spiro atoms. The Balaban J connectivity index is 1.66. The van der Waals surface area contributed by atoms with E-state index in [9.17, 15) is 0 Å². The molecule has 2 nitrogen and oxygen atoms in total. The summed E-state index contributed by atoms with van der Waals surface area (Å²) < 4.78 is 0. The van der Waals surface area contributed by atoms with E-state index in [1.807, 2.05) is 0 Å². The minimum Gasteiger partial charge on any atom is -0.351 e. The highest BCUT2D eigenvalue weighted by atomic mass is 35.5. The fraction of sp³-hybridized carbons (Fsp3) is 0.619. The van der Waals surface area contributed by atoms with Crippen molar-refractivity contribution in [2.75, 3.05) is 13.2 Å². The topological polar surface area (TPSA) is 6.48 Å². The number of hydrogen-bond donors (Lipinski definition) is 0. The average molecular weight is 349 g/mol. The molecule has 0 N–H and O–H groups in total. The van der Waals surface area contributed by atoms with Gasteiger partial charge in [-0.2, -0.15) is 0 Å². The van der Waals surface area contributed by atoms with Gasteiger partial charge in [0.15, 0.2) is 0 Å². The quantitative estimate of drug-likeness (QED) is 0.340. The van der Waals surface area contributed by atoms with Crippen LogP contribution >= 0.6 is 11.6 Å². The highest BCUT2D eigenvalue weighted by Crippen LogP contribution is 2.28. The van der Waals surface area contributed by atoms with Crippen LogP contribution < -0.4 is 0 Å². The smallest absolute Gasteiger partial charge is 0.125 e. The predicted molar refractivity (Wildman–Crippen MR) is 105 cm³/mol. The molecule has 1 aliphatic heterocycles. The van der Waals surface area contributed by atoms with Gasteiger partial charge in [-0.25, -0.2) is 0 Å². The van der Waals surface area contributed by atoms with Crippen molar-refractivity contribution in [2.24, 2.45) is 0 Å². The third-order valence-electron chi connectivity index (χ3n) is 4.89. The number of nitrogens with zero attached hydrogens (tertiary/aromatic N) is 2. The van der Waals surface area contributed by atoms with Crippen LogP contribution in [0.5, 0.6) is 0 Å². The van der Waals surface area contributed by atoms with Gasteiger partial charge in [0.2, 0.25) is 0 Å². The molecule has 0 atom stereocenters. The van der Waals surface area contributed by atoms with Crippen molar-refractivity contribution < 1.29 is 0 Å². The second-order valence-electron chi connectivity index (χ2n) is 6.94. The molecule has 0 radical (unpaired) electrons. The molecule has 1 heterocycles. The van der Waals surface area contributed by atoms with Crippen molar-refractivity contribution in [2.45, 2.75) is 71.8 Å². The Labute approximate surface area is 153 Å². The summed E-state index contributed by atoms with van der Waals surface area (Å²) in [7, 11) is 0. The van der Waals surface area contributed by atoms with Crippen molar-refractivity contribution >= 4 is 11.6 Å². The number of benzene rings is 1. The Morgan fingerprint density at radius 3 is 2.17 bits per heavy atom. The Morgan fingerprint density at radius 2 is 1.50 bits per heavy atom. The summed E-state index contributed by atoms with van der Waals surface area (Å²) >= 11 is 6.55. The third-order valence-corrected chi connectivity index (χ3v) is 5.40. The van der Waals surface area contributed by atoms with Gasteiger partial charge >= 0.3 is 0 Å². The van der Waals surface area contributed by atoms with Gasteiger partial charge < -0.3 is 9.80 Å². The molecule has 0 saturated heterocycles. The highest BCUT2D eigenvalue weighted by molar-refractivity contribution is 6.29. The maximum atomic E-state index is 6.55. The van der Waals surface area contributed by atoms with E-state index in [1.165, 1.54) is 62.6 Å². The number of allylic oxidation sites excluding steroid dienone is 1. The standard InChI is InChI=1S/C21H33ClN2/c1-3-4-5-6-7-8-9-13-16-23-18-24(19(2)21(23)22)17-20-14-11-10-12-15-20/h10-12,14-15H,3-9,13,16-18H2,1-2H3. The summed E-state index contributed by atoms with van der Waals surface area (Å²) in [5.41, 5.74) is 2.55. The Hall–Kier alpha value is -1.15. The van der Waals surface area contributed by atoms with E-state index in [0.29, 0.717) is 0 Å². The highest BCUT2D eigenvalue weighted by Gasteiger charge is 2.24. The minimum atomic E-state index is 0.927. The molecule has 24 heavy (non-hydrogen) atoms. The summed E-state index contributed by atoms with van der Waals surface area (Å²) in [6, 6.07) is 10.6. The summed E-state index contributed by atoms with van der Waals surface area (Å²) in [5, 5.41) is 0.939. The normalized spacial score (nSPS) is 14.8. The summed E-state index contributed by atoms with van der Waals surface area (Å²) in [5.74, 6) is 0. The Bertz CT molecular complexity index is 498. The van der Waals surface area contributed by atoms with Gasteiger partial charge in [-0.05, 0) is 18.9 Å². The van der Waals surface area contributed by atoms with Crippen LogP contribution in [0.4, 0.5) is 0 Å². The van der Waals surface area contributed by atoms with Crippen LogP contribution in [-0.2, 0) is 6.54 Å². The van der Waals surface area contributed by atoms with Crippen LogP contribution in [0.25, 0.3) is 0 Å². The van der Waals surface area contributed by atoms with Gasteiger partial charge in [0.05, 0.1) is 6.67 Å². The first kappa shape index (κ1) is 19.2. The second kappa shape index (κ2) is 10.7. The van der Waals surface area contributed by atoms with Crippen molar-refractivity contribution in [3.05, 3.63) is 46.7 Å². The van der Waals surface area contributed by atoms with Crippen molar-refractivity contribution in [3.63, 3.8) is 0 Å². The van der Waals surface area contributed by atoms with E-state index < -0.39 is 0 Å². The number of unbranched alkanes of at least 4 members (excludes halogenated alkanes) is 7. The van der Waals surface area contributed by atoms with Crippen molar-refractivity contribution in [3.8, 4) is 0 Å². The van der Waals surface area contributed by atoms with E-state index in [1.54, 1.807) is 0 Å². The Morgan fingerprint density at radius 1 is 0.875 bits per heavy atom. The van der Waals surface area contributed by atoms with E-state index in [-0.39, 0.29) is 0 Å². The van der Waals surface area contributed by atoms with E-state index in [2.05, 4.69) is 54.0 Å². The lowest BCUT2D eigenvalue weighted by molar-refractivity contribution is 0.243. The van der Waals surface area contributed by atoms with Crippen LogP contribution in [-0.4, -0.2) is 23.0 Å². The third kappa shape index (κ3) is 6.05. The molecule has 0 bridgehead atoms. The fourth-order valence-corrected chi connectivity index (χ4v) is 3.57. The molecule has 0 amide bonds. The van der Waals surface area contributed by atoms with Crippen LogP contribution in [0.3, 0.4) is 0 Å². The maximum absolute atomic E-state index is 6.55. The Kier molecular flexibility index (Phi) is 8.52. The average Bonchev–Trinajstić information content (AvgIpc) is 2.86. The summed E-state index contributed by atoms with van der Waals surface area (Å²) in [6.45, 7) is 7.36. The van der Waals surface area contributed by atoms with E-state index in [0.717, 1.165) is 24.9 Å². The first-order valence-corrected chi connectivity index (χ1v) is 10.0. The van der Waals surface area contributed by atoms with Gasteiger partial charge in [0.25, 0.3) is 0 Å². The molecule has 2 rings (SSSR count). The largest absolute Gasteiger partial charge is 0.351 e. The van der Waals surface area contributed by atoms with E-state index in [4.69, 9.17) is 11.6 Å². The molecule has 1 aromatic carbocycles. The lowest BCUT2D eigenvalue weighted by Gasteiger charge is -2.23. The van der Waals surface area contributed by atoms with Crippen LogP contribution in [0.2, 0.25) is 0 Å². The monoisotopic (exact) mass is 348 g/mol. The predicted octanol–water partition coefficient (Wildman–Crippen LogP) is 6.33. The van der Waals surface area contributed by atoms with Gasteiger partial charge in [0, 0.05) is 18.8 Å². The molecule has 0 unspecified atom stereocenters. The van der Waals surface area contributed by atoms with Crippen LogP contribution in [0.1, 0.15) is 70.8 Å². The molecule has 0 aromatic heterocycles. The molecular formula is C21H33ClN2. The first-order chi connectivity index (χ1) is 11.7. The van der Waals surface area contributed by atoms with Crippen molar-refractivity contribution in [1.82, 2.24) is 9.80 Å². The zero-order valence-corrected chi connectivity index (χ0v) is 16.2. The number of hydrogen-bond acceptors (Lipinski definition) is 2. The SMILES string of the molecule is CCCCCCCCCCN1CN(Cc2ccccc2)C(C)=C1Cl. The zero-order chi connectivity index (χ0) is 17.2. The summed E-state index contributed by atoms with van der Waals surface area (Å²) in [4.78, 5) is 4.71. The van der Waals surface area contributed by atoms with E-state index >= 15 is 0 Å². The maximum Gasteiger partial charge on any atom is 0.125 e. The molecule has 0 aliphatic carbocycles. The molecular weight excluding hydrogens is 316 g/mol. The minimum absolute atomic E-state index is 0.927. The number of halogens is 1. The lowest BCUT2D eigenvalue weighted by Crippen LogP contribution is -2.27. The van der Waals surface area contributed by atoms with Crippen molar-refractivity contribution in [1.29, 1.82) is 0 Å². The second-order valence-corrected chi connectivity index (χ2v) is 7.30. The first-order valence-electron chi connectivity index (χ1n) is 9.62. The molecule has 0 saturated carbocycles. The lowest BCUT2D eigenvalue weighted by atomic mass is 10.1. The molecule has 3 heteroatoms. The van der Waals surface area contributed by atoms with Crippen LogP contribution in [0.15, 0.2) is 41.2 Å². The van der Waals surface area contributed by atoms with Gasteiger partial charge in [-0.15, -0.1) is 0 Å². The number of rotatable bonds is 11. The molecule has 134 valence electrons. The fourth-order valence-electron chi connectivity index (χ4n) is 3.31. The van der Waals surface area contributed by atoms with Gasteiger partial charge in [-0.1, -0.05) is 93.8 Å². The summed E-state index contributed by atoms with van der Waals surface area (Å²) in [6.07, 6.45) is 10.9. The van der Waals surface area contributed by atoms with Crippen LogP contribution in [0, 0.1) is 0 Å². The van der Waals surface area contributed by atoms with Gasteiger partial charge in [-0.3, -0.25) is 0 Å². The molecule has 1 aliphatic rings. The molecule has 0 fully saturated rings. The zero-order valence-electron chi connectivity index (χ0n) is 15.4.